The predicted molar refractivity (Wildman–Crippen MR) is 73.8 cm³/mol. The van der Waals surface area contributed by atoms with Crippen molar-refractivity contribution in [1.82, 2.24) is 9.78 Å². The molecule has 22 heavy (non-hydrogen) atoms. The van der Waals surface area contributed by atoms with E-state index in [9.17, 15) is 22.4 Å². The van der Waals surface area contributed by atoms with Gasteiger partial charge in [0.25, 0.3) is 5.24 Å². The number of aromatic nitrogens is 2. The van der Waals surface area contributed by atoms with Gasteiger partial charge in [-0.05, 0) is 23.7 Å². The van der Waals surface area contributed by atoms with E-state index < -0.39 is 39.2 Å². The largest absolute Gasteiger partial charge is 0.434 e. The molecule has 118 valence electrons. The highest BCUT2D eigenvalue weighted by Gasteiger charge is 2.39. The van der Waals surface area contributed by atoms with Crippen molar-refractivity contribution < 1.29 is 22.4 Å². The zero-order valence-electron chi connectivity index (χ0n) is 10.6. The standard InChI is InChI=1S/C12H5Cl3F4N2O/c1-21-10(12(17,18)19)8(14)9(20-21)5-2-4(11(15)22)6(13)3-7(5)16/h2-3H,1H3. The van der Waals surface area contributed by atoms with E-state index in [0.717, 1.165) is 19.2 Å². The average molecular weight is 376 g/mol. The van der Waals surface area contributed by atoms with Crippen LogP contribution >= 0.6 is 34.8 Å². The van der Waals surface area contributed by atoms with Crippen LogP contribution in [0, 0.1) is 5.82 Å². The quantitative estimate of drug-likeness (QED) is 0.551. The lowest BCUT2D eigenvalue weighted by Gasteiger charge is -2.07. The molecule has 0 unspecified atom stereocenters. The summed E-state index contributed by atoms with van der Waals surface area (Å²) in [7, 11) is 1.01. The van der Waals surface area contributed by atoms with Gasteiger partial charge in [-0.1, -0.05) is 23.2 Å². The van der Waals surface area contributed by atoms with Gasteiger partial charge in [0.05, 0.1) is 15.6 Å². The number of halogens is 7. The second-order valence-electron chi connectivity index (χ2n) is 4.22. The second-order valence-corrected chi connectivity index (χ2v) is 5.35. The van der Waals surface area contributed by atoms with E-state index in [1.165, 1.54) is 0 Å². The van der Waals surface area contributed by atoms with Crippen molar-refractivity contribution in [3.05, 3.63) is 39.3 Å². The molecule has 0 radical (unpaired) electrons. The Kier molecular flexibility index (Phi) is 4.43. The van der Waals surface area contributed by atoms with Gasteiger partial charge >= 0.3 is 6.18 Å². The van der Waals surface area contributed by atoms with E-state index in [2.05, 4.69) is 5.10 Å². The van der Waals surface area contributed by atoms with Crippen molar-refractivity contribution in [1.29, 1.82) is 0 Å². The van der Waals surface area contributed by atoms with Crippen molar-refractivity contribution in [3.63, 3.8) is 0 Å². The Labute approximate surface area is 136 Å². The molecule has 2 aromatic rings. The highest BCUT2D eigenvalue weighted by atomic mass is 35.5. The third-order valence-corrected chi connectivity index (χ3v) is 3.66. The number of benzene rings is 1. The Balaban J connectivity index is 2.73. The molecule has 0 amide bonds. The summed E-state index contributed by atoms with van der Waals surface area (Å²) in [6.07, 6.45) is -4.77. The number of nitrogens with zero attached hydrogens (tertiary/aromatic N) is 2. The SMILES string of the molecule is Cn1nc(-c2cc(C(=O)Cl)c(Cl)cc2F)c(Cl)c1C(F)(F)F. The Morgan fingerprint density at radius 2 is 1.86 bits per heavy atom. The van der Waals surface area contributed by atoms with Crippen LogP contribution < -0.4 is 0 Å². The highest BCUT2D eigenvalue weighted by Crippen LogP contribution is 2.40. The number of carbonyl (C=O) groups excluding carboxylic acids is 1. The predicted octanol–water partition coefficient (Wildman–Crippen LogP) is 4.93. The van der Waals surface area contributed by atoms with E-state index in [1.807, 2.05) is 0 Å². The second kappa shape index (κ2) is 5.72. The molecule has 0 fully saturated rings. The van der Waals surface area contributed by atoms with Gasteiger partial charge in [-0.25, -0.2) is 4.39 Å². The zero-order chi connectivity index (χ0) is 16.8. The maximum Gasteiger partial charge on any atom is 0.434 e. The molecular formula is C12H5Cl3F4N2O. The normalized spacial score (nSPS) is 11.8. The summed E-state index contributed by atoms with van der Waals surface area (Å²) in [5.74, 6) is -0.986. The van der Waals surface area contributed by atoms with Crippen LogP contribution in [-0.2, 0) is 13.2 Å². The van der Waals surface area contributed by atoms with Crippen molar-refractivity contribution in [3.8, 4) is 11.3 Å². The maximum atomic E-state index is 14.0. The van der Waals surface area contributed by atoms with Crippen molar-refractivity contribution in [2.75, 3.05) is 0 Å². The summed E-state index contributed by atoms with van der Waals surface area (Å²) < 4.78 is 53.1. The van der Waals surface area contributed by atoms with Crippen molar-refractivity contribution in [2.45, 2.75) is 6.18 Å². The molecule has 0 aliphatic heterocycles. The van der Waals surface area contributed by atoms with Crippen LogP contribution in [-0.4, -0.2) is 15.0 Å². The molecule has 1 aromatic carbocycles. The van der Waals surface area contributed by atoms with Gasteiger partial charge in [-0.3, -0.25) is 9.48 Å². The summed E-state index contributed by atoms with van der Waals surface area (Å²) in [4.78, 5) is 11.2. The first-order valence-electron chi connectivity index (χ1n) is 5.53. The fourth-order valence-electron chi connectivity index (χ4n) is 1.86. The van der Waals surface area contributed by atoms with Gasteiger partial charge in [-0.2, -0.15) is 18.3 Å². The number of aryl methyl sites for hydroxylation is 1. The lowest BCUT2D eigenvalue weighted by molar-refractivity contribution is -0.143. The minimum atomic E-state index is -4.77. The van der Waals surface area contributed by atoms with Gasteiger partial charge in [0.1, 0.15) is 11.5 Å². The van der Waals surface area contributed by atoms with Crippen LogP contribution in [0.2, 0.25) is 10.0 Å². The number of hydrogen-bond donors (Lipinski definition) is 0. The molecule has 0 saturated heterocycles. The highest BCUT2D eigenvalue weighted by molar-refractivity contribution is 6.68. The van der Waals surface area contributed by atoms with E-state index >= 15 is 0 Å². The van der Waals surface area contributed by atoms with Gasteiger partial charge < -0.3 is 0 Å². The van der Waals surface area contributed by atoms with E-state index in [0.29, 0.717) is 4.68 Å². The Morgan fingerprint density at radius 3 is 2.32 bits per heavy atom. The minimum absolute atomic E-state index is 0.269. The number of carbonyl (C=O) groups is 1. The van der Waals surface area contributed by atoms with Crippen LogP contribution in [0.25, 0.3) is 11.3 Å². The van der Waals surface area contributed by atoms with Crippen LogP contribution in [0.15, 0.2) is 12.1 Å². The molecule has 0 N–H and O–H groups in total. The summed E-state index contributed by atoms with van der Waals surface area (Å²) in [5, 5.41) is 1.51. The molecule has 0 aliphatic carbocycles. The van der Waals surface area contributed by atoms with Gasteiger partial charge in [0.15, 0.2) is 5.69 Å². The molecule has 2 rings (SSSR count). The van der Waals surface area contributed by atoms with Crippen LogP contribution in [0.5, 0.6) is 0 Å². The topological polar surface area (TPSA) is 34.9 Å². The lowest BCUT2D eigenvalue weighted by atomic mass is 10.1. The molecule has 0 aliphatic rings. The Bertz CT molecular complexity index is 771. The van der Waals surface area contributed by atoms with Gasteiger partial charge in [-0.15, -0.1) is 0 Å². The fourth-order valence-corrected chi connectivity index (χ4v) is 2.67. The Hall–Kier alpha value is -1.31. The summed E-state index contributed by atoms with van der Waals surface area (Å²) in [6, 6.07) is 1.66. The molecule has 0 atom stereocenters. The number of alkyl halides is 3. The molecule has 0 spiro atoms. The summed E-state index contributed by atoms with van der Waals surface area (Å²) in [5.41, 5.74) is -2.39. The van der Waals surface area contributed by atoms with Crippen molar-refractivity contribution in [2.24, 2.45) is 7.05 Å². The maximum absolute atomic E-state index is 14.0. The molecule has 1 heterocycles. The molecule has 0 saturated carbocycles. The van der Waals surface area contributed by atoms with E-state index in [1.54, 1.807) is 0 Å². The van der Waals surface area contributed by atoms with Crippen LogP contribution in [0.4, 0.5) is 17.6 Å². The first kappa shape index (κ1) is 17.1. The summed E-state index contributed by atoms with van der Waals surface area (Å²) >= 11 is 16.6. The third kappa shape index (κ3) is 2.93. The van der Waals surface area contributed by atoms with Gasteiger partial charge in [0.2, 0.25) is 0 Å². The third-order valence-electron chi connectivity index (χ3n) is 2.78. The molecule has 1 aromatic heterocycles. The molecule has 10 heteroatoms. The first-order chi connectivity index (χ1) is 10.0. The zero-order valence-corrected chi connectivity index (χ0v) is 12.9. The molecular weight excluding hydrogens is 370 g/mol. The number of hydrogen-bond acceptors (Lipinski definition) is 2. The number of rotatable bonds is 2. The average Bonchev–Trinajstić information content (AvgIpc) is 2.63. The monoisotopic (exact) mass is 374 g/mol. The minimum Gasteiger partial charge on any atom is -0.276 e. The van der Waals surface area contributed by atoms with Crippen LogP contribution in [0.3, 0.4) is 0 Å². The fraction of sp³-hybridized carbons (Fsp3) is 0.167. The first-order valence-corrected chi connectivity index (χ1v) is 6.66. The Morgan fingerprint density at radius 1 is 1.27 bits per heavy atom. The summed E-state index contributed by atoms with van der Waals surface area (Å²) in [6.45, 7) is 0. The smallest absolute Gasteiger partial charge is 0.276 e. The van der Waals surface area contributed by atoms with E-state index in [4.69, 9.17) is 34.8 Å². The van der Waals surface area contributed by atoms with Crippen LogP contribution in [0.1, 0.15) is 16.1 Å². The lowest BCUT2D eigenvalue weighted by Crippen LogP contribution is -2.12. The van der Waals surface area contributed by atoms with E-state index in [-0.39, 0.29) is 10.6 Å². The molecule has 0 bridgehead atoms. The van der Waals surface area contributed by atoms with Gasteiger partial charge in [0, 0.05) is 12.6 Å². The molecule has 3 nitrogen and oxygen atoms in total. The van der Waals surface area contributed by atoms with Crippen molar-refractivity contribution >= 4 is 40.0 Å².